The maximum atomic E-state index is 11.7. The summed E-state index contributed by atoms with van der Waals surface area (Å²) >= 11 is 0. The van der Waals surface area contributed by atoms with Crippen molar-refractivity contribution in [1.82, 2.24) is 4.72 Å². The van der Waals surface area contributed by atoms with Gasteiger partial charge in [0.15, 0.2) is 0 Å². The molecule has 0 spiro atoms. The van der Waals surface area contributed by atoms with Gasteiger partial charge in [-0.1, -0.05) is 19.4 Å². The van der Waals surface area contributed by atoms with Gasteiger partial charge in [0.1, 0.15) is 0 Å². The predicted octanol–water partition coefficient (Wildman–Crippen LogP) is 2.50. The summed E-state index contributed by atoms with van der Waals surface area (Å²) in [5, 5.41) is 3.36. The first-order valence-electron chi connectivity index (χ1n) is 6.21. The maximum Gasteiger partial charge on any atom is 0.240 e. The van der Waals surface area contributed by atoms with Crippen LogP contribution in [0, 0.1) is 6.92 Å². The van der Waals surface area contributed by atoms with Gasteiger partial charge in [0, 0.05) is 11.7 Å². The van der Waals surface area contributed by atoms with Gasteiger partial charge >= 0.3 is 0 Å². The van der Waals surface area contributed by atoms with E-state index in [-0.39, 0.29) is 0 Å². The smallest absolute Gasteiger partial charge is 0.240 e. The molecule has 18 heavy (non-hydrogen) atoms. The van der Waals surface area contributed by atoms with E-state index in [0.29, 0.717) is 10.9 Å². The summed E-state index contributed by atoms with van der Waals surface area (Å²) in [5.41, 5.74) is 1.93. The van der Waals surface area contributed by atoms with Gasteiger partial charge in [0.2, 0.25) is 10.0 Å². The average molecular weight is 270 g/mol. The summed E-state index contributed by atoms with van der Waals surface area (Å²) in [7, 11) is -1.96. The van der Waals surface area contributed by atoms with Crippen LogP contribution in [0.5, 0.6) is 0 Å². The van der Waals surface area contributed by atoms with Gasteiger partial charge in [-0.2, -0.15) is 0 Å². The number of anilines is 1. The highest BCUT2D eigenvalue weighted by Crippen LogP contribution is 2.21. The van der Waals surface area contributed by atoms with Gasteiger partial charge in [0.25, 0.3) is 0 Å². The summed E-state index contributed by atoms with van der Waals surface area (Å²) in [5.74, 6) is 0. The molecule has 0 fully saturated rings. The third-order valence-electron chi connectivity index (χ3n) is 2.91. The van der Waals surface area contributed by atoms with Crippen molar-refractivity contribution in [3.8, 4) is 0 Å². The van der Waals surface area contributed by atoms with Crippen molar-refractivity contribution < 1.29 is 8.42 Å². The van der Waals surface area contributed by atoms with Crippen LogP contribution in [0.25, 0.3) is 0 Å². The van der Waals surface area contributed by atoms with Crippen molar-refractivity contribution in [1.29, 1.82) is 0 Å². The second kappa shape index (κ2) is 6.20. The molecule has 0 saturated heterocycles. The van der Waals surface area contributed by atoms with E-state index in [1.165, 1.54) is 7.05 Å². The lowest BCUT2D eigenvalue weighted by atomic mass is 10.1. The zero-order valence-corrected chi connectivity index (χ0v) is 12.3. The molecule has 0 heterocycles. The van der Waals surface area contributed by atoms with Crippen molar-refractivity contribution >= 4 is 15.7 Å². The Morgan fingerprint density at radius 3 is 2.56 bits per heavy atom. The molecule has 1 aromatic carbocycles. The number of hydrogen-bond donors (Lipinski definition) is 2. The van der Waals surface area contributed by atoms with Gasteiger partial charge in [-0.3, -0.25) is 0 Å². The first-order valence-corrected chi connectivity index (χ1v) is 7.69. The van der Waals surface area contributed by atoms with E-state index in [1.807, 2.05) is 13.0 Å². The van der Waals surface area contributed by atoms with E-state index in [9.17, 15) is 8.42 Å². The molecule has 1 aromatic rings. The van der Waals surface area contributed by atoms with Crippen molar-refractivity contribution in [2.45, 2.75) is 44.6 Å². The van der Waals surface area contributed by atoms with Gasteiger partial charge in [-0.15, -0.1) is 0 Å². The number of hydrogen-bond acceptors (Lipinski definition) is 3. The van der Waals surface area contributed by atoms with E-state index in [1.54, 1.807) is 12.1 Å². The van der Waals surface area contributed by atoms with Crippen LogP contribution in [-0.4, -0.2) is 21.5 Å². The normalized spacial score (nSPS) is 13.3. The number of sulfonamides is 1. The Kier molecular flexibility index (Phi) is 5.16. The van der Waals surface area contributed by atoms with E-state index in [4.69, 9.17) is 0 Å². The summed E-state index contributed by atoms with van der Waals surface area (Å²) in [4.78, 5) is 0.293. The molecule has 0 bridgehead atoms. The first-order chi connectivity index (χ1) is 8.40. The van der Waals surface area contributed by atoms with Crippen molar-refractivity contribution in [3.63, 3.8) is 0 Å². The standard InChI is InChI=1S/C13H22N2O2S/c1-5-6-11(3)15-13-9-12(8-7-10(13)2)18(16,17)14-4/h7-9,11,14-15H,5-6H2,1-4H3. The minimum Gasteiger partial charge on any atom is -0.382 e. The lowest BCUT2D eigenvalue weighted by molar-refractivity contribution is 0.588. The molecule has 0 radical (unpaired) electrons. The number of nitrogens with one attached hydrogen (secondary N) is 2. The highest BCUT2D eigenvalue weighted by Gasteiger charge is 2.13. The molecular formula is C13H22N2O2S. The molecule has 4 nitrogen and oxygen atoms in total. The fraction of sp³-hybridized carbons (Fsp3) is 0.538. The zero-order valence-electron chi connectivity index (χ0n) is 11.4. The SMILES string of the molecule is CCCC(C)Nc1cc(S(=O)(=O)NC)ccc1C. The highest BCUT2D eigenvalue weighted by atomic mass is 32.2. The molecule has 1 atom stereocenters. The van der Waals surface area contributed by atoms with Crippen LogP contribution in [0.4, 0.5) is 5.69 Å². The molecule has 5 heteroatoms. The molecule has 0 aliphatic heterocycles. The molecule has 1 unspecified atom stereocenters. The van der Waals surface area contributed by atoms with Crippen LogP contribution < -0.4 is 10.0 Å². The molecule has 1 rings (SSSR count). The lowest BCUT2D eigenvalue weighted by Crippen LogP contribution is -2.20. The summed E-state index contributed by atoms with van der Waals surface area (Å²) < 4.78 is 25.8. The van der Waals surface area contributed by atoms with Gasteiger partial charge in [-0.25, -0.2) is 13.1 Å². The van der Waals surface area contributed by atoms with E-state index in [2.05, 4.69) is 23.9 Å². The van der Waals surface area contributed by atoms with Crippen LogP contribution in [-0.2, 0) is 10.0 Å². The molecule has 0 aliphatic rings. The third-order valence-corrected chi connectivity index (χ3v) is 4.32. The molecule has 2 N–H and O–H groups in total. The fourth-order valence-corrected chi connectivity index (χ4v) is 2.57. The Morgan fingerprint density at radius 2 is 2.00 bits per heavy atom. The van der Waals surface area contributed by atoms with Crippen LogP contribution in [0.3, 0.4) is 0 Å². The fourth-order valence-electron chi connectivity index (χ4n) is 1.81. The number of rotatable bonds is 6. The minimum atomic E-state index is -3.38. The molecule has 0 aliphatic carbocycles. The summed E-state index contributed by atoms with van der Waals surface area (Å²) in [6, 6.07) is 5.47. The van der Waals surface area contributed by atoms with Crippen molar-refractivity contribution in [2.24, 2.45) is 0 Å². The Labute approximate surface area is 110 Å². The van der Waals surface area contributed by atoms with E-state index >= 15 is 0 Å². The summed E-state index contributed by atoms with van der Waals surface area (Å²) in [6.45, 7) is 6.20. The minimum absolute atomic E-state index is 0.293. The van der Waals surface area contributed by atoms with Crippen LogP contribution >= 0.6 is 0 Å². The van der Waals surface area contributed by atoms with E-state index < -0.39 is 10.0 Å². The second-order valence-electron chi connectivity index (χ2n) is 4.52. The Balaban J connectivity index is 3.02. The maximum absolute atomic E-state index is 11.7. The largest absolute Gasteiger partial charge is 0.382 e. The van der Waals surface area contributed by atoms with Crippen LogP contribution in [0.2, 0.25) is 0 Å². The highest BCUT2D eigenvalue weighted by molar-refractivity contribution is 7.89. The van der Waals surface area contributed by atoms with E-state index in [0.717, 1.165) is 24.1 Å². The number of aryl methyl sites for hydroxylation is 1. The zero-order chi connectivity index (χ0) is 13.8. The Bertz CT molecular complexity index is 498. The van der Waals surface area contributed by atoms with Crippen molar-refractivity contribution in [3.05, 3.63) is 23.8 Å². The van der Waals surface area contributed by atoms with Crippen molar-refractivity contribution in [2.75, 3.05) is 12.4 Å². The molecule has 0 aromatic heterocycles. The van der Waals surface area contributed by atoms with Gasteiger partial charge in [-0.05, 0) is 45.0 Å². The van der Waals surface area contributed by atoms with Gasteiger partial charge in [0.05, 0.1) is 4.90 Å². The average Bonchev–Trinajstić information content (AvgIpc) is 2.32. The van der Waals surface area contributed by atoms with Crippen LogP contribution in [0.1, 0.15) is 32.3 Å². The molecule has 0 saturated carbocycles. The van der Waals surface area contributed by atoms with Crippen LogP contribution in [0.15, 0.2) is 23.1 Å². The third kappa shape index (κ3) is 3.71. The second-order valence-corrected chi connectivity index (χ2v) is 6.40. The molecular weight excluding hydrogens is 248 g/mol. The lowest BCUT2D eigenvalue weighted by Gasteiger charge is -2.17. The summed E-state index contributed by atoms with van der Waals surface area (Å²) in [6.07, 6.45) is 2.16. The topological polar surface area (TPSA) is 58.2 Å². The first kappa shape index (κ1) is 15.0. The molecule has 102 valence electrons. The van der Waals surface area contributed by atoms with Gasteiger partial charge < -0.3 is 5.32 Å². The quantitative estimate of drug-likeness (QED) is 0.835. The Morgan fingerprint density at radius 1 is 1.33 bits per heavy atom. The predicted molar refractivity (Wildman–Crippen MR) is 75.4 cm³/mol. The molecule has 0 amide bonds. The Hall–Kier alpha value is -1.07. The number of benzene rings is 1. The monoisotopic (exact) mass is 270 g/mol.